The molecule has 19 heavy (non-hydrogen) atoms. The van der Waals surface area contributed by atoms with Crippen LogP contribution < -0.4 is 10.5 Å². The lowest BCUT2D eigenvalue weighted by atomic mass is 10.1. The minimum Gasteiger partial charge on any atom is -0.397 e. The number of hydrogen-bond donors (Lipinski definition) is 2. The zero-order chi connectivity index (χ0) is 13.5. The quantitative estimate of drug-likeness (QED) is 0.837. The molecule has 5 nitrogen and oxygen atoms in total. The smallest absolute Gasteiger partial charge is 0.233 e. The van der Waals surface area contributed by atoms with Crippen LogP contribution in [0.15, 0.2) is 30.5 Å². The predicted molar refractivity (Wildman–Crippen MR) is 76.3 cm³/mol. The Morgan fingerprint density at radius 1 is 1.32 bits per heavy atom. The average Bonchev–Trinajstić information content (AvgIpc) is 3.16. The van der Waals surface area contributed by atoms with Gasteiger partial charge in [-0.1, -0.05) is 0 Å². The van der Waals surface area contributed by atoms with Crippen molar-refractivity contribution in [1.82, 2.24) is 4.98 Å². The highest BCUT2D eigenvalue weighted by Crippen LogP contribution is 2.32. The molecule has 0 amide bonds. The first kappa shape index (κ1) is 12.2. The normalized spacial score (nSPS) is 15.6. The summed E-state index contributed by atoms with van der Waals surface area (Å²) in [6.07, 6.45) is 3.65. The number of aromatic nitrogens is 1. The summed E-state index contributed by atoms with van der Waals surface area (Å²) >= 11 is 0. The first-order valence-electron chi connectivity index (χ1n) is 6.19. The van der Waals surface area contributed by atoms with Crippen LogP contribution in [0.25, 0.3) is 10.9 Å². The summed E-state index contributed by atoms with van der Waals surface area (Å²) in [5.74, 6) is 0.509. The van der Waals surface area contributed by atoms with Gasteiger partial charge < -0.3 is 5.73 Å². The molecule has 0 aliphatic heterocycles. The van der Waals surface area contributed by atoms with Crippen molar-refractivity contribution in [1.29, 1.82) is 0 Å². The van der Waals surface area contributed by atoms with Gasteiger partial charge in [0.15, 0.2) is 0 Å². The van der Waals surface area contributed by atoms with Gasteiger partial charge >= 0.3 is 0 Å². The van der Waals surface area contributed by atoms with Crippen molar-refractivity contribution in [3.8, 4) is 0 Å². The zero-order valence-electron chi connectivity index (χ0n) is 10.3. The SMILES string of the molecule is Nc1ccc(NS(=O)(=O)CC2CC2)c2cccnc12. The van der Waals surface area contributed by atoms with E-state index in [-0.39, 0.29) is 5.75 Å². The number of pyridine rings is 1. The lowest BCUT2D eigenvalue weighted by molar-refractivity contribution is 0.597. The molecule has 2 aromatic rings. The number of sulfonamides is 1. The van der Waals surface area contributed by atoms with Crippen molar-refractivity contribution < 1.29 is 8.42 Å². The first-order chi connectivity index (χ1) is 9.05. The largest absolute Gasteiger partial charge is 0.397 e. The van der Waals surface area contributed by atoms with E-state index in [9.17, 15) is 8.42 Å². The topological polar surface area (TPSA) is 85.1 Å². The highest BCUT2D eigenvalue weighted by molar-refractivity contribution is 7.92. The lowest BCUT2D eigenvalue weighted by Gasteiger charge is -2.11. The molecule has 0 radical (unpaired) electrons. The van der Waals surface area contributed by atoms with Gasteiger partial charge in [-0.2, -0.15) is 0 Å². The Hall–Kier alpha value is -1.82. The zero-order valence-corrected chi connectivity index (χ0v) is 11.2. The van der Waals surface area contributed by atoms with E-state index in [4.69, 9.17) is 5.73 Å². The fourth-order valence-electron chi connectivity index (χ4n) is 2.09. The Morgan fingerprint density at radius 3 is 2.84 bits per heavy atom. The second-order valence-electron chi connectivity index (χ2n) is 4.93. The monoisotopic (exact) mass is 277 g/mol. The molecule has 3 N–H and O–H groups in total. The number of nitrogens with zero attached hydrogens (tertiary/aromatic N) is 1. The molecular weight excluding hydrogens is 262 g/mol. The molecule has 1 aromatic heterocycles. The Kier molecular flexibility index (Phi) is 2.82. The third-order valence-electron chi connectivity index (χ3n) is 3.22. The van der Waals surface area contributed by atoms with Crippen molar-refractivity contribution in [2.45, 2.75) is 12.8 Å². The second-order valence-corrected chi connectivity index (χ2v) is 6.70. The molecule has 3 rings (SSSR count). The molecule has 0 bridgehead atoms. The average molecular weight is 277 g/mol. The molecule has 1 aliphatic carbocycles. The van der Waals surface area contributed by atoms with Crippen LogP contribution in [0.5, 0.6) is 0 Å². The first-order valence-corrected chi connectivity index (χ1v) is 7.84. The lowest BCUT2D eigenvalue weighted by Crippen LogP contribution is -2.18. The fourth-order valence-corrected chi connectivity index (χ4v) is 3.64. The second kappa shape index (κ2) is 4.38. The molecule has 0 atom stereocenters. The molecule has 1 heterocycles. The van der Waals surface area contributed by atoms with E-state index in [1.807, 2.05) is 6.07 Å². The number of benzene rings is 1. The minimum absolute atomic E-state index is 0.194. The maximum absolute atomic E-state index is 12.0. The van der Waals surface area contributed by atoms with Gasteiger partial charge in [-0.3, -0.25) is 9.71 Å². The number of nitrogens with two attached hydrogens (primary N) is 1. The van der Waals surface area contributed by atoms with Crippen molar-refractivity contribution in [2.24, 2.45) is 5.92 Å². The van der Waals surface area contributed by atoms with Gasteiger partial charge in [0.2, 0.25) is 10.0 Å². The van der Waals surface area contributed by atoms with Crippen LogP contribution >= 0.6 is 0 Å². The Labute approximate surface area is 111 Å². The van der Waals surface area contributed by atoms with Crippen molar-refractivity contribution in [3.63, 3.8) is 0 Å². The molecule has 100 valence electrons. The van der Waals surface area contributed by atoms with E-state index in [0.29, 0.717) is 22.8 Å². The number of anilines is 2. The third kappa shape index (κ3) is 2.63. The molecule has 1 fully saturated rings. The van der Waals surface area contributed by atoms with Gasteiger partial charge in [0.1, 0.15) is 0 Å². The van der Waals surface area contributed by atoms with Crippen LogP contribution in [0.3, 0.4) is 0 Å². The molecular formula is C13H15N3O2S. The number of fused-ring (bicyclic) bond motifs is 1. The van der Waals surface area contributed by atoms with Gasteiger partial charge in [-0.05, 0) is 43.0 Å². The molecule has 6 heteroatoms. The van der Waals surface area contributed by atoms with Crippen LogP contribution in [0.4, 0.5) is 11.4 Å². The van der Waals surface area contributed by atoms with E-state index < -0.39 is 10.0 Å². The molecule has 1 aromatic carbocycles. The van der Waals surface area contributed by atoms with Crippen molar-refractivity contribution in [2.75, 3.05) is 16.2 Å². The van der Waals surface area contributed by atoms with Gasteiger partial charge in [0.25, 0.3) is 0 Å². The van der Waals surface area contributed by atoms with E-state index in [0.717, 1.165) is 18.2 Å². The molecule has 0 unspecified atom stereocenters. The minimum atomic E-state index is -3.29. The van der Waals surface area contributed by atoms with Crippen LogP contribution in [-0.2, 0) is 10.0 Å². The van der Waals surface area contributed by atoms with Crippen LogP contribution in [0, 0.1) is 5.92 Å². The summed E-state index contributed by atoms with van der Waals surface area (Å²) in [6, 6.07) is 6.93. The molecule has 0 spiro atoms. The van der Waals surface area contributed by atoms with E-state index in [1.165, 1.54) is 0 Å². The Morgan fingerprint density at radius 2 is 2.11 bits per heavy atom. The van der Waals surface area contributed by atoms with Crippen LogP contribution in [0.2, 0.25) is 0 Å². The van der Waals surface area contributed by atoms with E-state index in [1.54, 1.807) is 24.4 Å². The van der Waals surface area contributed by atoms with Gasteiger partial charge in [-0.15, -0.1) is 0 Å². The Balaban J connectivity index is 1.99. The number of hydrogen-bond acceptors (Lipinski definition) is 4. The molecule has 1 saturated carbocycles. The van der Waals surface area contributed by atoms with Crippen LogP contribution in [-0.4, -0.2) is 19.2 Å². The summed E-state index contributed by atoms with van der Waals surface area (Å²) in [5, 5.41) is 0.724. The van der Waals surface area contributed by atoms with Gasteiger partial charge in [-0.25, -0.2) is 8.42 Å². The van der Waals surface area contributed by atoms with Crippen LogP contribution in [0.1, 0.15) is 12.8 Å². The van der Waals surface area contributed by atoms with Gasteiger partial charge in [0.05, 0.1) is 22.6 Å². The highest BCUT2D eigenvalue weighted by atomic mass is 32.2. The standard InChI is InChI=1S/C13H15N3O2S/c14-11-5-6-12(10-2-1-7-15-13(10)11)16-19(17,18)8-9-3-4-9/h1-2,5-7,9,16H,3-4,8,14H2. The number of nitrogen functional groups attached to an aromatic ring is 1. The maximum Gasteiger partial charge on any atom is 0.233 e. The fraction of sp³-hybridized carbons (Fsp3) is 0.308. The van der Waals surface area contributed by atoms with Crippen molar-refractivity contribution in [3.05, 3.63) is 30.5 Å². The van der Waals surface area contributed by atoms with Gasteiger partial charge in [0, 0.05) is 11.6 Å². The number of rotatable bonds is 4. The maximum atomic E-state index is 12.0. The summed E-state index contributed by atoms with van der Waals surface area (Å²) in [6.45, 7) is 0. The Bertz CT molecular complexity index is 724. The predicted octanol–water partition coefficient (Wildman–Crippen LogP) is 1.97. The number of nitrogens with one attached hydrogen (secondary N) is 1. The summed E-state index contributed by atoms with van der Waals surface area (Å²) in [5.41, 5.74) is 7.54. The summed E-state index contributed by atoms with van der Waals surface area (Å²) < 4.78 is 26.7. The van der Waals surface area contributed by atoms with Crippen molar-refractivity contribution >= 4 is 32.3 Å². The van der Waals surface area contributed by atoms with E-state index in [2.05, 4.69) is 9.71 Å². The molecule has 1 aliphatic rings. The molecule has 0 saturated heterocycles. The summed E-state index contributed by atoms with van der Waals surface area (Å²) in [4.78, 5) is 4.18. The third-order valence-corrected chi connectivity index (χ3v) is 4.66. The summed E-state index contributed by atoms with van der Waals surface area (Å²) in [7, 11) is -3.29. The highest BCUT2D eigenvalue weighted by Gasteiger charge is 2.28. The van der Waals surface area contributed by atoms with E-state index >= 15 is 0 Å².